The van der Waals surface area contributed by atoms with Crippen LogP contribution in [0.3, 0.4) is 0 Å². The Labute approximate surface area is 176 Å². The molecule has 2 aliphatic heterocycles. The molecular formula is C21H25N5O3S. The first-order chi connectivity index (χ1) is 14.4. The van der Waals surface area contributed by atoms with E-state index >= 15 is 0 Å². The minimum Gasteiger partial charge on any atom is -0.352 e. The number of fused-ring (bicyclic) bond motifs is 2. The highest BCUT2D eigenvalue weighted by Gasteiger charge is 2.31. The Morgan fingerprint density at radius 1 is 0.933 bits per heavy atom. The molecule has 3 heterocycles. The van der Waals surface area contributed by atoms with Gasteiger partial charge in [-0.15, -0.1) is 5.10 Å². The van der Waals surface area contributed by atoms with Gasteiger partial charge in [0.25, 0.3) is 0 Å². The molecule has 0 N–H and O–H groups in total. The van der Waals surface area contributed by atoms with Crippen LogP contribution >= 0.6 is 0 Å². The second kappa shape index (κ2) is 7.31. The standard InChI is InChI=1S/C21H25N5O3S/c1-15(27)26-8-7-17-13-18(5-6-20(17)26)30(28,29)25-11-9-24(10-12-25)21-14-16-3-2-4-19(16)22-23-21/h5-6,13-14H,2-4,7-12H2,1H3. The van der Waals surface area contributed by atoms with Gasteiger partial charge in [-0.3, -0.25) is 4.79 Å². The Kier molecular flexibility index (Phi) is 4.74. The van der Waals surface area contributed by atoms with E-state index in [1.54, 1.807) is 27.4 Å². The zero-order valence-electron chi connectivity index (χ0n) is 17.0. The predicted octanol–water partition coefficient (Wildman–Crippen LogP) is 1.39. The third-order valence-corrected chi connectivity index (χ3v) is 8.23. The lowest BCUT2D eigenvalue weighted by Crippen LogP contribution is -2.49. The number of hydrogen-bond acceptors (Lipinski definition) is 6. The molecule has 0 saturated carbocycles. The van der Waals surface area contributed by atoms with Crippen molar-refractivity contribution in [3.05, 3.63) is 41.1 Å². The van der Waals surface area contributed by atoms with E-state index in [4.69, 9.17) is 0 Å². The number of rotatable bonds is 3. The maximum Gasteiger partial charge on any atom is 0.243 e. The summed E-state index contributed by atoms with van der Waals surface area (Å²) >= 11 is 0. The second-order valence-corrected chi connectivity index (χ2v) is 10.1. The molecule has 3 aliphatic rings. The van der Waals surface area contributed by atoms with Gasteiger partial charge < -0.3 is 9.80 Å². The van der Waals surface area contributed by atoms with Crippen LogP contribution in [-0.2, 0) is 34.1 Å². The Bertz CT molecular complexity index is 1110. The Balaban J connectivity index is 1.30. The fourth-order valence-electron chi connectivity index (χ4n) is 4.64. The van der Waals surface area contributed by atoms with Crippen LogP contribution in [0.2, 0.25) is 0 Å². The highest BCUT2D eigenvalue weighted by molar-refractivity contribution is 7.89. The lowest BCUT2D eigenvalue weighted by molar-refractivity contribution is -0.116. The van der Waals surface area contributed by atoms with Crippen LogP contribution in [0.25, 0.3) is 0 Å². The SMILES string of the molecule is CC(=O)N1CCc2cc(S(=O)(=O)N3CCN(c4cc5c(nn4)CCC5)CC3)ccc21. The molecule has 0 atom stereocenters. The molecule has 1 aromatic carbocycles. The molecule has 30 heavy (non-hydrogen) atoms. The number of piperazine rings is 1. The number of hydrogen-bond donors (Lipinski definition) is 0. The van der Waals surface area contributed by atoms with Crippen LogP contribution in [0, 0.1) is 0 Å². The third kappa shape index (κ3) is 3.26. The first-order valence-corrected chi connectivity index (χ1v) is 11.9. The van der Waals surface area contributed by atoms with Crippen molar-refractivity contribution in [1.82, 2.24) is 14.5 Å². The van der Waals surface area contributed by atoms with Crippen LogP contribution in [0.1, 0.15) is 30.2 Å². The third-order valence-electron chi connectivity index (χ3n) is 6.33. The van der Waals surface area contributed by atoms with Crippen LogP contribution < -0.4 is 9.80 Å². The monoisotopic (exact) mass is 427 g/mol. The first kappa shape index (κ1) is 19.4. The van der Waals surface area contributed by atoms with E-state index in [0.29, 0.717) is 44.0 Å². The van der Waals surface area contributed by atoms with Crippen molar-refractivity contribution in [2.24, 2.45) is 0 Å². The van der Waals surface area contributed by atoms with E-state index in [-0.39, 0.29) is 5.91 Å². The van der Waals surface area contributed by atoms with Crippen molar-refractivity contribution in [3.8, 4) is 0 Å². The number of benzene rings is 1. The van der Waals surface area contributed by atoms with Crippen LogP contribution in [0.4, 0.5) is 11.5 Å². The van der Waals surface area contributed by atoms with Gasteiger partial charge in [0.2, 0.25) is 15.9 Å². The zero-order valence-corrected chi connectivity index (χ0v) is 17.9. The smallest absolute Gasteiger partial charge is 0.243 e. The van der Waals surface area contributed by atoms with Crippen LogP contribution in [0.5, 0.6) is 0 Å². The molecule has 1 fully saturated rings. The predicted molar refractivity (Wildman–Crippen MR) is 113 cm³/mol. The fourth-order valence-corrected chi connectivity index (χ4v) is 6.12. The van der Waals surface area contributed by atoms with Crippen LogP contribution in [0.15, 0.2) is 29.2 Å². The summed E-state index contributed by atoms with van der Waals surface area (Å²) in [7, 11) is -3.57. The van der Waals surface area contributed by atoms with Gasteiger partial charge in [-0.1, -0.05) is 0 Å². The summed E-state index contributed by atoms with van der Waals surface area (Å²) < 4.78 is 27.9. The van der Waals surface area contributed by atoms with E-state index in [0.717, 1.165) is 42.0 Å². The summed E-state index contributed by atoms with van der Waals surface area (Å²) in [4.78, 5) is 15.8. The molecule has 1 aliphatic carbocycles. The van der Waals surface area contributed by atoms with Gasteiger partial charge in [0.1, 0.15) is 0 Å². The summed E-state index contributed by atoms with van der Waals surface area (Å²) in [6, 6.07) is 7.22. The maximum absolute atomic E-state index is 13.2. The van der Waals surface area contributed by atoms with E-state index in [9.17, 15) is 13.2 Å². The minimum atomic E-state index is -3.57. The summed E-state index contributed by atoms with van der Waals surface area (Å²) in [6.45, 7) is 4.15. The molecule has 5 rings (SSSR count). The molecule has 9 heteroatoms. The van der Waals surface area contributed by atoms with Gasteiger partial charge in [0.05, 0.1) is 10.6 Å². The van der Waals surface area contributed by atoms with E-state index in [1.807, 2.05) is 0 Å². The van der Waals surface area contributed by atoms with Crippen molar-refractivity contribution < 1.29 is 13.2 Å². The number of carbonyl (C=O) groups excluding carboxylic acids is 1. The van der Waals surface area contributed by atoms with Crippen molar-refractivity contribution in [3.63, 3.8) is 0 Å². The summed E-state index contributed by atoms with van der Waals surface area (Å²) in [5.41, 5.74) is 4.10. The first-order valence-electron chi connectivity index (χ1n) is 10.4. The van der Waals surface area contributed by atoms with Crippen molar-refractivity contribution in [2.45, 2.75) is 37.5 Å². The molecule has 1 aromatic heterocycles. The quantitative estimate of drug-likeness (QED) is 0.736. The Hall–Kier alpha value is -2.52. The number of carbonyl (C=O) groups is 1. The van der Waals surface area contributed by atoms with E-state index in [1.165, 1.54) is 12.5 Å². The molecule has 1 amide bonds. The van der Waals surface area contributed by atoms with Gasteiger partial charge in [0, 0.05) is 45.3 Å². The molecule has 0 spiro atoms. The molecule has 2 aromatic rings. The van der Waals surface area contributed by atoms with Gasteiger partial charge in [-0.05, 0) is 61.1 Å². The van der Waals surface area contributed by atoms with E-state index in [2.05, 4.69) is 21.2 Å². The van der Waals surface area contributed by atoms with Crippen molar-refractivity contribution in [2.75, 3.05) is 42.5 Å². The Morgan fingerprint density at radius 3 is 2.50 bits per heavy atom. The van der Waals surface area contributed by atoms with Gasteiger partial charge in [-0.2, -0.15) is 9.40 Å². The van der Waals surface area contributed by atoms with Gasteiger partial charge in [0.15, 0.2) is 5.82 Å². The second-order valence-electron chi connectivity index (χ2n) is 8.13. The number of nitrogens with zero attached hydrogens (tertiary/aromatic N) is 5. The molecule has 0 radical (unpaired) electrons. The summed E-state index contributed by atoms with van der Waals surface area (Å²) in [6.07, 6.45) is 3.86. The maximum atomic E-state index is 13.2. The fraction of sp³-hybridized carbons (Fsp3) is 0.476. The molecule has 0 unspecified atom stereocenters. The van der Waals surface area contributed by atoms with Crippen molar-refractivity contribution >= 4 is 27.4 Å². The topological polar surface area (TPSA) is 86.7 Å². The van der Waals surface area contributed by atoms with Gasteiger partial charge >= 0.3 is 0 Å². The number of aryl methyl sites for hydroxylation is 2. The highest BCUT2D eigenvalue weighted by atomic mass is 32.2. The van der Waals surface area contributed by atoms with Crippen LogP contribution in [-0.4, -0.2) is 61.6 Å². The average molecular weight is 428 g/mol. The highest BCUT2D eigenvalue weighted by Crippen LogP contribution is 2.31. The molecule has 1 saturated heterocycles. The van der Waals surface area contributed by atoms with E-state index < -0.39 is 10.0 Å². The average Bonchev–Trinajstić information content (AvgIpc) is 3.39. The summed E-state index contributed by atoms with van der Waals surface area (Å²) in [5, 5.41) is 8.71. The number of amides is 1. The molecule has 158 valence electrons. The normalized spacial score (nSPS) is 19.1. The zero-order chi connectivity index (χ0) is 20.9. The lowest BCUT2D eigenvalue weighted by Gasteiger charge is -2.34. The Morgan fingerprint density at radius 2 is 1.73 bits per heavy atom. The van der Waals surface area contributed by atoms with Crippen molar-refractivity contribution in [1.29, 1.82) is 0 Å². The minimum absolute atomic E-state index is 0.0184. The molecule has 8 nitrogen and oxygen atoms in total. The number of anilines is 2. The number of sulfonamides is 1. The molecular weight excluding hydrogens is 402 g/mol. The molecule has 0 bridgehead atoms. The largest absolute Gasteiger partial charge is 0.352 e. The lowest BCUT2D eigenvalue weighted by atomic mass is 10.2. The summed E-state index contributed by atoms with van der Waals surface area (Å²) in [5.74, 6) is 0.824. The number of aromatic nitrogens is 2. The van der Waals surface area contributed by atoms with Gasteiger partial charge in [-0.25, -0.2) is 8.42 Å².